The van der Waals surface area contributed by atoms with Gasteiger partial charge in [0.25, 0.3) is 11.1 Å². The van der Waals surface area contributed by atoms with E-state index in [2.05, 4.69) is 4.90 Å². The van der Waals surface area contributed by atoms with Gasteiger partial charge in [-0.2, -0.15) is 0 Å². The van der Waals surface area contributed by atoms with Gasteiger partial charge in [0.2, 0.25) is 0 Å². The van der Waals surface area contributed by atoms with Crippen LogP contribution in [0.1, 0.15) is 28.1 Å². The number of aromatic nitrogens is 4. The zero-order valence-electron chi connectivity index (χ0n) is 20.5. The van der Waals surface area contributed by atoms with Crippen LogP contribution >= 0.6 is 23.2 Å². The molecule has 0 saturated carbocycles. The largest absolute Gasteiger partial charge is 0.291 e. The van der Waals surface area contributed by atoms with Gasteiger partial charge < -0.3 is 0 Å². The van der Waals surface area contributed by atoms with Gasteiger partial charge in [-0.25, -0.2) is 9.97 Å². The molecular formula is C28H25Cl2N5O2. The Morgan fingerprint density at radius 2 is 1.30 bits per heavy atom. The lowest BCUT2D eigenvalue weighted by Crippen LogP contribution is -2.29. The van der Waals surface area contributed by atoms with E-state index in [9.17, 15) is 9.59 Å². The second-order valence-electron chi connectivity index (χ2n) is 9.24. The molecule has 0 fully saturated rings. The van der Waals surface area contributed by atoms with Crippen molar-refractivity contribution in [2.24, 2.45) is 0 Å². The van der Waals surface area contributed by atoms with E-state index in [-0.39, 0.29) is 11.1 Å². The van der Waals surface area contributed by atoms with Crippen molar-refractivity contribution in [2.45, 2.75) is 33.4 Å². The van der Waals surface area contributed by atoms with Crippen LogP contribution in [0.3, 0.4) is 0 Å². The molecule has 7 nitrogen and oxygen atoms in total. The molecule has 37 heavy (non-hydrogen) atoms. The number of hydrogen-bond acceptors (Lipinski definition) is 5. The van der Waals surface area contributed by atoms with E-state index in [1.54, 1.807) is 39.4 Å². The number of halogens is 2. The number of rotatable bonds is 7. The van der Waals surface area contributed by atoms with Crippen molar-refractivity contribution in [3.63, 3.8) is 0 Å². The van der Waals surface area contributed by atoms with Gasteiger partial charge in [-0.15, -0.1) is 0 Å². The molecule has 0 amide bonds. The SMILES string of the molecule is Cc1ccc2nc(CN(CCc3ccc(Cl)cc3Cl)Cc3cc(=O)n4cc(C)ccc4n3)cc(=O)n2c1. The van der Waals surface area contributed by atoms with Crippen molar-refractivity contribution in [2.75, 3.05) is 6.54 Å². The topological polar surface area (TPSA) is 72.0 Å². The highest BCUT2D eigenvalue weighted by atomic mass is 35.5. The van der Waals surface area contributed by atoms with E-state index in [1.165, 1.54) is 0 Å². The third-order valence-electron chi connectivity index (χ3n) is 6.20. The minimum Gasteiger partial charge on any atom is -0.291 e. The summed E-state index contributed by atoms with van der Waals surface area (Å²) >= 11 is 12.5. The number of fused-ring (bicyclic) bond motifs is 2. The van der Waals surface area contributed by atoms with Gasteiger partial charge >= 0.3 is 0 Å². The molecule has 1 aromatic carbocycles. The molecule has 0 bridgehead atoms. The van der Waals surface area contributed by atoms with Crippen molar-refractivity contribution >= 4 is 34.5 Å². The van der Waals surface area contributed by atoms with E-state index in [0.29, 0.717) is 58.8 Å². The summed E-state index contributed by atoms with van der Waals surface area (Å²) in [5, 5.41) is 1.18. The molecule has 0 spiro atoms. The van der Waals surface area contributed by atoms with Crippen molar-refractivity contribution < 1.29 is 0 Å². The van der Waals surface area contributed by atoms with Gasteiger partial charge in [-0.05, 0) is 61.2 Å². The molecule has 0 saturated heterocycles. The molecule has 0 aliphatic heterocycles. The van der Waals surface area contributed by atoms with Crippen LogP contribution in [0.15, 0.2) is 76.6 Å². The van der Waals surface area contributed by atoms with E-state index >= 15 is 0 Å². The summed E-state index contributed by atoms with van der Waals surface area (Å²) < 4.78 is 3.09. The summed E-state index contributed by atoms with van der Waals surface area (Å²) in [5.74, 6) is 0. The van der Waals surface area contributed by atoms with E-state index < -0.39 is 0 Å². The van der Waals surface area contributed by atoms with Crippen molar-refractivity contribution in [1.82, 2.24) is 23.7 Å². The molecule has 0 radical (unpaired) electrons. The van der Waals surface area contributed by atoms with Gasteiger partial charge in [0.05, 0.1) is 11.4 Å². The quantitative estimate of drug-likeness (QED) is 0.298. The minimum atomic E-state index is -0.137. The Labute approximate surface area is 223 Å². The summed E-state index contributed by atoms with van der Waals surface area (Å²) in [6.07, 6.45) is 4.21. The minimum absolute atomic E-state index is 0.137. The smallest absolute Gasteiger partial charge is 0.258 e. The Balaban J connectivity index is 1.47. The molecule has 0 aliphatic rings. The lowest BCUT2D eigenvalue weighted by Gasteiger charge is -2.22. The highest BCUT2D eigenvalue weighted by molar-refractivity contribution is 6.35. The van der Waals surface area contributed by atoms with E-state index in [1.807, 2.05) is 50.2 Å². The maximum atomic E-state index is 12.8. The van der Waals surface area contributed by atoms with Crippen LogP contribution in [0, 0.1) is 13.8 Å². The maximum absolute atomic E-state index is 12.8. The van der Waals surface area contributed by atoms with Gasteiger partial charge in [-0.1, -0.05) is 41.4 Å². The van der Waals surface area contributed by atoms with Crippen LogP contribution in [0.5, 0.6) is 0 Å². The molecule has 5 rings (SSSR count). The lowest BCUT2D eigenvalue weighted by molar-refractivity contribution is 0.254. The van der Waals surface area contributed by atoms with Crippen LogP contribution in [-0.2, 0) is 19.5 Å². The fourth-order valence-electron chi connectivity index (χ4n) is 4.35. The third kappa shape index (κ3) is 5.74. The number of pyridine rings is 2. The lowest BCUT2D eigenvalue weighted by atomic mass is 10.1. The monoisotopic (exact) mass is 533 g/mol. The summed E-state index contributed by atoms with van der Waals surface area (Å²) in [7, 11) is 0. The second kappa shape index (κ2) is 10.5. The molecular weight excluding hydrogens is 509 g/mol. The van der Waals surface area contributed by atoms with Crippen LogP contribution in [-0.4, -0.2) is 30.2 Å². The normalized spacial score (nSPS) is 11.6. The van der Waals surface area contributed by atoms with Gasteiger partial charge in [-0.3, -0.25) is 23.3 Å². The molecule has 9 heteroatoms. The predicted octanol–water partition coefficient (Wildman–Crippen LogP) is 4.87. The molecule has 0 atom stereocenters. The van der Waals surface area contributed by atoms with Gasteiger partial charge in [0.15, 0.2) is 0 Å². The first-order chi connectivity index (χ1) is 17.7. The summed E-state index contributed by atoms with van der Waals surface area (Å²) in [5.41, 5.74) is 5.11. The first-order valence-electron chi connectivity index (χ1n) is 11.9. The molecule has 0 unspecified atom stereocenters. The van der Waals surface area contributed by atoms with E-state index in [4.69, 9.17) is 33.2 Å². The Hall–Kier alpha value is -3.52. The number of nitrogens with zero attached hydrogens (tertiary/aromatic N) is 5. The summed E-state index contributed by atoms with van der Waals surface area (Å²) in [6, 6.07) is 16.1. The molecule has 4 heterocycles. The fraction of sp³-hybridized carbons (Fsp3) is 0.214. The van der Waals surface area contributed by atoms with Crippen LogP contribution < -0.4 is 11.1 Å². The summed E-state index contributed by atoms with van der Waals surface area (Å²) in [4.78, 5) is 37.1. The van der Waals surface area contributed by atoms with Crippen LogP contribution in [0.2, 0.25) is 10.0 Å². The maximum Gasteiger partial charge on any atom is 0.258 e. The fourth-order valence-corrected chi connectivity index (χ4v) is 4.86. The zero-order valence-corrected chi connectivity index (χ0v) is 22.0. The predicted molar refractivity (Wildman–Crippen MR) is 147 cm³/mol. The Morgan fingerprint density at radius 3 is 1.81 bits per heavy atom. The van der Waals surface area contributed by atoms with Crippen LogP contribution in [0.4, 0.5) is 0 Å². The summed E-state index contributed by atoms with van der Waals surface area (Å²) in [6.45, 7) is 5.28. The second-order valence-corrected chi connectivity index (χ2v) is 10.1. The molecule has 5 aromatic rings. The third-order valence-corrected chi connectivity index (χ3v) is 6.79. The Kier molecular flexibility index (Phi) is 7.11. The Morgan fingerprint density at radius 1 is 0.757 bits per heavy atom. The van der Waals surface area contributed by atoms with E-state index in [0.717, 1.165) is 16.7 Å². The van der Waals surface area contributed by atoms with Crippen LogP contribution in [0.25, 0.3) is 11.3 Å². The molecule has 188 valence electrons. The zero-order chi connectivity index (χ0) is 26.1. The number of aryl methyl sites for hydroxylation is 2. The van der Waals surface area contributed by atoms with Crippen molar-refractivity contribution in [3.8, 4) is 0 Å². The van der Waals surface area contributed by atoms with Gasteiger partial charge in [0, 0.05) is 54.2 Å². The Bertz CT molecular complexity index is 1640. The average molecular weight is 534 g/mol. The number of hydrogen-bond donors (Lipinski definition) is 0. The first kappa shape index (κ1) is 25.1. The first-order valence-corrected chi connectivity index (χ1v) is 12.6. The highest BCUT2D eigenvalue weighted by Gasteiger charge is 2.14. The highest BCUT2D eigenvalue weighted by Crippen LogP contribution is 2.22. The molecule has 0 N–H and O–H groups in total. The van der Waals surface area contributed by atoms with Gasteiger partial charge in [0.1, 0.15) is 11.3 Å². The van der Waals surface area contributed by atoms with Crippen molar-refractivity contribution in [3.05, 3.63) is 126 Å². The molecule has 4 aromatic heterocycles. The average Bonchev–Trinajstić information content (AvgIpc) is 2.84. The molecule has 0 aliphatic carbocycles. The number of benzene rings is 1. The standard InChI is InChI=1S/C28H25Cl2N5O2/c1-18-3-7-25-31-22(12-27(36)34(25)14-18)16-33(10-9-20-5-6-21(29)11-24(20)30)17-23-13-28(37)35-15-19(2)4-8-26(35)32-23/h3-8,11-15H,9-10,16-17H2,1-2H3. The van der Waals surface area contributed by atoms with Crippen molar-refractivity contribution in [1.29, 1.82) is 0 Å².